The summed E-state index contributed by atoms with van der Waals surface area (Å²) in [6.07, 6.45) is 2.53. The molecule has 0 aliphatic heterocycles. The van der Waals surface area contributed by atoms with Crippen molar-refractivity contribution in [1.29, 1.82) is 5.26 Å². The smallest absolute Gasteiger partial charge is 0.269 e. The molecule has 0 unspecified atom stereocenters. The average Bonchev–Trinajstić information content (AvgIpc) is 2.79. The summed E-state index contributed by atoms with van der Waals surface area (Å²) in [4.78, 5) is 17.0. The summed E-state index contributed by atoms with van der Waals surface area (Å²) in [5, 5.41) is 9.64. The molecule has 7 nitrogen and oxygen atoms in total. The zero-order chi connectivity index (χ0) is 22.7. The number of allylic oxidation sites excluding steroid dienone is 1. The minimum atomic E-state index is -4.15. The highest BCUT2D eigenvalue weighted by Crippen LogP contribution is 2.27. The lowest BCUT2D eigenvalue weighted by molar-refractivity contribution is 0.460. The van der Waals surface area contributed by atoms with Gasteiger partial charge in [-0.1, -0.05) is 36.4 Å². The molecule has 0 radical (unpaired) electrons. The summed E-state index contributed by atoms with van der Waals surface area (Å²) in [6.45, 7) is 1.89. The van der Waals surface area contributed by atoms with Crippen molar-refractivity contribution in [1.82, 2.24) is 9.38 Å². The van der Waals surface area contributed by atoms with Gasteiger partial charge in [0.15, 0.2) is 0 Å². The molecule has 4 aromatic rings. The largest absolute Gasteiger partial charge is 0.438 e. The van der Waals surface area contributed by atoms with Crippen LogP contribution in [0, 0.1) is 18.3 Å². The number of nitrogens with zero attached hydrogens (tertiary/aromatic N) is 3. The minimum Gasteiger partial charge on any atom is -0.438 e. The predicted octanol–water partition coefficient (Wildman–Crippen LogP) is 4.13. The van der Waals surface area contributed by atoms with Gasteiger partial charge in [-0.3, -0.25) is 9.20 Å². The Morgan fingerprint density at radius 1 is 1.06 bits per heavy atom. The van der Waals surface area contributed by atoms with E-state index in [2.05, 4.69) is 4.98 Å². The van der Waals surface area contributed by atoms with Crippen LogP contribution in [0.15, 0.2) is 93.6 Å². The first kappa shape index (κ1) is 21.0. The number of pyridine rings is 1. The fourth-order valence-electron chi connectivity index (χ4n) is 3.10. The summed E-state index contributed by atoms with van der Waals surface area (Å²) < 4.78 is 33.1. The highest BCUT2D eigenvalue weighted by atomic mass is 32.2. The maximum atomic E-state index is 13.2. The second-order valence-electron chi connectivity index (χ2n) is 6.92. The molecule has 0 aliphatic carbocycles. The molecule has 0 fully saturated rings. The van der Waals surface area contributed by atoms with Gasteiger partial charge in [-0.15, -0.1) is 0 Å². The molecule has 158 valence electrons. The Kier molecular flexibility index (Phi) is 5.58. The molecule has 8 heteroatoms. The van der Waals surface area contributed by atoms with E-state index in [0.29, 0.717) is 11.4 Å². The van der Waals surface area contributed by atoms with Crippen LogP contribution < -0.4 is 10.3 Å². The van der Waals surface area contributed by atoms with E-state index in [1.165, 1.54) is 22.7 Å². The third-order valence-corrected chi connectivity index (χ3v) is 6.35. The van der Waals surface area contributed by atoms with Crippen LogP contribution >= 0.6 is 0 Å². The minimum absolute atomic E-state index is 0.0530. The zero-order valence-corrected chi connectivity index (χ0v) is 17.8. The Morgan fingerprint density at radius 3 is 2.53 bits per heavy atom. The normalized spacial score (nSPS) is 11.8. The Morgan fingerprint density at radius 2 is 1.81 bits per heavy atom. The Labute approximate surface area is 184 Å². The van der Waals surface area contributed by atoms with Crippen LogP contribution in [0.2, 0.25) is 0 Å². The summed E-state index contributed by atoms with van der Waals surface area (Å²) in [7, 11) is -4.15. The lowest BCUT2D eigenvalue weighted by Gasteiger charge is -2.11. The number of benzene rings is 2. The second kappa shape index (κ2) is 8.49. The zero-order valence-electron chi connectivity index (χ0n) is 17.0. The van der Waals surface area contributed by atoms with E-state index in [-0.39, 0.29) is 16.3 Å². The van der Waals surface area contributed by atoms with Gasteiger partial charge in [0, 0.05) is 6.20 Å². The van der Waals surface area contributed by atoms with Crippen LogP contribution in [0.5, 0.6) is 11.6 Å². The number of hydrogen-bond acceptors (Lipinski definition) is 6. The van der Waals surface area contributed by atoms with E-state index in [1.807, 2.05) is 13.0 Å². The molecule has 0 saturated carbocycles. The van der Waals surface area contributed by atoms with Crippen LogP contribution in [0.3, 0.4) is 0 Å². The maximum Gasteiger partial charge on any atom is 0.269 e. The standard InChI is InChI=1S/C24H17N3O4S/c1-17-8-7-9-18(14-17)31-23-21(24(28)27-13-6-5-12-22(27)26-23)15-20(16-25)32(29,30)19-10-3-2-4-11-19/h2-15H,1H3. The summed E-state index contributed by atoms with van der Waals surface area (Å²) >= 11 is 0. The van der Waals surface area contributed by atoms with E-state index in [1.54, 1.807) is 60.7 Å². The quantitative estimate of drug-likeness (QED) is 0.430. The van der Waals surface area contributed by atoms with Crippen molar-refractivity contribution in [3.8, 4) is 17.7 Å². The van der Waals surface area contributed by atoms with Crippen molar-refractivity contribution in [3.05, 3.63) is 105 Å². The molecular weight excluding hydrogens is 426 g/mol. The van der Waals surface area contributed by atoms with Crippen LogP contribution in [0.25, 0.3) is 11.7 Å². The number of ether oxygens (including phenoxy) is 1. The first-order chi connectivity index (χ1) is 15.4. The lowest BCUT2D eigenvalue weighted by Crippen LogP contribution is -2.19. The molecule has 0 spiro atoms. The third-order valence-electron chi connectivity index (χ3n) is 4.67. The molecule has 0 bridgehead atoms. The van der Waals surface area contributed by atoms with E-state index in [9.17, 15) is 18.5 Å². The van der Waals surface area contributed by atoms with Gasteiger partial charge >= 0.3 is 0 Å². The molecule has 0 atom stereocenters. The average molecular weight is 443 g/mol. The molecule has 0 N–H and O–H groups in total. The van der Waals surface area contributed by atoms with E-state index >= 15 is 0 Å². The first-order valence-corrected chi connectivity index (χ1v) is 11.1. The molecule has 32 heavy (non-hydrogen) atoms. The molecule has 0 amide bonds. The van der Waals surface area contributed by atoms with Crippen LogP contribution in [0.1, 0.15) is 11.1 Å². The fraction of sp³-hybridized carbons (Fsp3) is 0.0417. The molecule has 0 saturated heterocycles. The van der Waals surface area contributed by atoms with E-state index in [4.69, 9.17) is 4.74 Å². The first-order valence-electron chi connectivity index (χ1n) is 9.58. The topological polar surface area (TPSA) is 102 Å². The molecular formula is C24H17N3O4S. The number of hydrogen-bond donors (Lipinski definition) is 0. The van der Waals surface area contributed by atoms with Gasteiger partial charge in [0.1, 0.15) is 27.9 Å². The van der Waals surface area contributed by atoms with Gasteiger partial charge in [0.25, 0.3) is 5.56 Å². The van der Waals surface area contributed by atoms with Gasteiger partial charge in [-0.05, 0) is 55.0 Å². The van der Waals surface area contributed by atoms with Crippen molar-refractivity contribution in [3.63, 3.8) is 0 Å². The molecule has 2 aromatic heterocycles. The van der Waals surface area contributed by atoms with Gasteiger partial charge < -0.3 is 4.74 Å². The maximum absolute atomic E-state index is 13.2. The molecule has 4 rings (SSSR count). The SMILES string of the molecule is Cc1cccc(Oc2nc3ccccn3c(=O)c2C=C(C#N)S(=O)(=O)c2ccccc2)c1. The molecule has 0 aliphatic rings. The number of aromatic nitrogens is 2. The summed E-state index contributed by atoms with van der Waals surface area (Å²) in [6, 6.07) is 21.4. The molecule has 2 aromatic carbocycles. The van der Waals surface area contributed by atoms with Crippen molar-refractivity contribution in [2.75, 3.05) is 0 Å². The van der Waals surface area contributed by atoms with Gasteiger partial charge in [0.05, 0.1) is 4.90 Å². The number of sulfone groups is 1. The van der Waals surface area contributed by atoms with Gasteiger partial charge in [0.2, 0.25) is 15.7 Å². The number of rotatable bonds is 5. The fourth-order valence-corrected chi connectivity index (χ4v) is 4.26. The van der Waals surface area contributed by atoms with Crippen LogP contribution in [-0.4, -0.2) is 17.8 Å². The Bertz CT molecular complexity index is 1550. The highest BCUT2D eigenvalue weighted by Gasteiger charge is 2.23. The summed E-state index contributed by atoms with van der Waals surface area (Å²) in [5.74, 6) is 0.332. The van der Waals surface area contributed by atoms with Crippen molar-refractivity contribution in [2.45, 2.75) is 11.8 Å². The molecule has 2 heterocycles. The monoisotopic (exact) mass is 443 g/mol. The van der Waals surface area contributed by atoms with Gasteiger partial charge in [-0.25, -0.2) is 8.42 Å². The lowest BCUT2D eigenvalue weighted by atomic mass is 10.2. The Balaban J connectivity index is 1.95. The highest BCUT2D eigenvalue weighted by molar-refractivity contribution is 7.95. The predicted molar refractivity (Wildman–Crippen MR) is 120 cm³/mol. The Hall–Kier alpha value is -4.22. The summed E-state index contributed by atoms with van der Waals surface area (Å²) in [5.41, 5.74) is 0.545. The van der Waals surface area contributed by atoms with Crippen LogP contribution in [0.4, 0.5) is 0 Å². The number of aryl methyl sites for hydroxylation is 1. The van der Waals surface area contributed by atoms with Gasteiger partial charge in [-0.2, -0.15) is 10.2 Å². The van der Waals surface area contributed by atoms with E-state index < -0.39 is 20.3 Å². The van der Waals surface area contributed by atoms with Crippen molar-refractivity contribution >= 4 is 21.6 Å². The second-order valence-corrected chi connectivity index (χ2v) is 8.84. The van der Waals surface area contributed by atoms with E-state index in [0.717, 1.165) is 11.6 Å². The number of nitriles is 1. The third kappa shape index (κ3) is 4.02. The van der Waals surface area contributed by atoms with Crippen molar-refractivity contribution in [2.24, 2.45) is 0 Å². The number of fused-ring (bicyclic) bond motifs is 1. The van der Waals surface area contributed by atoms with Crippen LogP contribution in [-0.2, 0) is 9.84 Å². The van der Waals surface area contributed by atoms with Crippen molar-refractivity contribution < 1.29 is 13.2 Å².